The van der Waals surface area contributed by atoms with Crippen LogP contribution in [0.1, 0.15) is 45.4 Å². The number of unbranched alkanes of at least 4 members (excludes halogenated alkanes) is 3. The fourth-order valence-corrected chi connectivity index (χ4v) is 0.991. The summed E-state index contributed by atoms with van der Waals surface area (Å²) >= 11 is 0. The summed E-state index contributed by atoms with van der Waals surface area (Å²) in [5.74, 6) is 0.824. The summed E-state index contributed by atoms with van der Waals surface area (Å²) in [4.78, 5) is 0. The summed E-state index contributed by atoms with van der Waals surface area (Å²) in [6, 6.07) is 0. The highest BCUT2D eigenvalue weighted by Gasteiger charge is 1.96. The predicted octanol–water partition coefficient (Wildman–Crippen LogP) is 3.63. The lowest BCUT2D eigenvalue weighted by Gasteiger charge is -2.06. The molecule has 0 saturated carbocycles. The molecular formula is C10H20. The number of rotatable bonds is 6. The summed E-state index contributed by atoms with van der Waals surface area (Å²) in [5, 5.41) is 0. The lowest BCUT2D eigenvalue weighted by molar-refractivity contribution is 0.495. The molecule has 0 aliphatic rings. The smallest absolute Gasteiger partial charge is 0.0443 e. The van der Waals surface area contributed by atoms with Crippen LogP contribution in [-0.2, 0) is 0 Å². The van der Waals surface area contributed by atoms with E-state index in [0.717, 1.165) is 18.8 Å². The van der Waals surface area contributed by atoms with Crippen LogP contribution in [0.25, 0.3) is 0 Å². The second kappa shape index (κ2) is 7.11. The molecule has 0 bridgehead atoms. The maximum atomic E-state index is 3.87. The predicted molar refractivity (Wildman–Crippen MR) is 47.6 cm³/mol. The summed E-state index contributed by atoms with van der Waals surface area (Å²) in [7, 11) is 0. The molecule has 0 fully saturated rings. The second-order valence-corrected chi connectivity index (χ2v) is 3.10. The molecule has 1 unspecified atom stereocenters. The molecule has 0 amide bonds. The lowest BCUT2D eigenvalue weighted by Crippen LogP contribution is -1.91. The van der Waals surface area contributed by atoms with Crippen molar-refractivity contribution in [3.05, 3.63) is 13.8 Å². The molecule has 0 aromatic carbocycles. The Labute approximate surface area is 66.0 Å². The van der Waals surface area contributed by atoms with Crippen molar-refractivity contribution in [3.8, 4) is 0 Å². The van der Waals surface area contributed by atoms with Gasteiger partial charge in [0.2, 0.25) is 0 Å². The third-order valence-corrected chi connectivity index (χ3v) is 1.94. The fraction of sp³-hybridized carbons (Fsp3) is 0.800. The Morgan fingerprint density at radius 1 is 1.10 bits per heavy atom. The van der Waals surface area contributed by atoms with Gasteiger partial charge in [-0.1, -0.05) is 59.3 Å². The first-order valence-corrected chi connectivity index (χ1v) is 4.39. The summed E-state index contributed by atoms with van der Waals surface area (Å²) in [6.07, 6.45) is 7.55. The molecule has 0 aromatic rings. The molecule has 2 radical (unpaired) electrons. The molecule has 0 aliphatic heterocycles. The molecular weight excluding hydrogens is 120 g/mol. The van der Waals surface area contributed by atoms with E-state index in [0.29, 0.717) is 0 Å². The van der Waals surface area contributed by atoms with Gasteiger partial charge in [-0.3, -0.25) is 0 Å². The monoisotopic (exact) mass is 140 g/mol. The van der Waals surface area contributed by atoms with Gasteiger partial charge in [-0.2, -0.15) is 0 Å². The molecule has 0 heteroatoms. The topological polar surface area (TPSA) is 0 Å². The third kappa shape index (κ3) is 6.12. The van der Waals surface area contributed by atoms with Crippen LogP contribution in [-0.4, -0.2) is 0 Å². The largest absolute Gasteiger partial charge is 0.0625 e. The van der Waals surface area contributed by atoms with Crippen LogP contribution in [0.4, 0.5) is 0 Å². The molecule has 0 rings (SSSR count). The molecule has 0 heterocycles. The minimum atomic E-state index is 0.824. The SMILES string of the molecule is [CH2]CCCCCC(C)C[CH2]. The molecule has 0 spiro atoms. The molecule has 0 saturated heterocycles. The molecule has 0 N–H and O–H groups in total. The molecule has 60 valence electrons. The van der Waals surface area contributed by atoms with Crippen LogP contribution in [0.3, 0.4) is 0 Å². The van der Waals surface area contributed by atoms with Gasteiger partial charge < -0.3 is 0 Å². The molecule has 0 nitrogen and oxygen atoms in total. The van der Waals surface area contributed by atoms with Crippen molar-refractivity contribution in [2.75, 3.05) is 0 Å². The number of hydrogen-bond donors (Lipinski definition) is 0. The van der Waals surface area contributed by atoms with E-state index in [-0.39, 0.29) is 0 Å². The maximum absolute atomic E-state index is 3.87. The second-order valence-electron chi connectivity index (χ2n) is 3.10. The van der Waals surface area contributed by atoms with Crippen LogP contribution >= 0.6 is 0 Å². The van der Waals surface area contributed by atoms with E-state index in [1.807, 2.05) is 0 Å². The molecule has 0 aliphatic carbocycles. The highest BCUT2D eigenvalue weighted by Crippen LogP contribution is 2.12. The van der Waals surface area contributed by atoms with Gasteiger partial charge in [0, 0.05) is 0 Å². The quantitative estimate of drug-likeness (QED) is 0.494. The van der Waals surface area contributed by atoms with E-state index in [9.17, 15) is 0 Å². The lowest BCUT2D eigenvalue weighted by atomic mass is 10.0. The third-order valence-electron chi connectivity index (χ3n) is 1.94. The molecule has 0 aromatic heterocycles. The fourth-order valence-electron chi connectivity index (χ4n) is 0.991. The number of hydrogen-bond acceptors (Lipinski definition) is 0. The first kappa shape index (κ1) is 10.0. The van der Waals surface area contributed by atoms with E-state index in [1.165, 1.54) is 25.7 Å². The Kier molecular flexibility index (Phi) is 7.11. The van der Waals surface area contributed by atoms with Gasteiger partial charge in [0.1, 0.15) is 0 Å². The normalized spacial score (nSPS) is 13.5. The van der Waals surface area contributed by atoms with Crippen molar-refractivity contribution in [1.29, 1.82) is 0 Å². The summed E-state index contributed by atoms with van der Waals surface area (Å²) in [5.41, 5.74) is 0. The van der Waals surface area contributed by atoms with Gasteiger partial charge in [0.25, 0.3) is 0 Å². The Hall–Kier alpha value is 0. The highest BCUT2D eigenvalue weighted by molar-refractivity contribution is 4.54. The highest BCUT2D eigenvalue weighted by atomic mass is 14.0. The first-order chi connectivity index (χ1) is 4.81. The summed E-state index contributed by atoms with van der Waals surface area (Å²) in [6.45, 7) is 9.96. The zero-order valence-electron chi connectivity index (χ0n) is 7.23. The average Bonchev–Trinajstić information content (AvgIpc) is 1.98. The van der Waals surface area contributed by atoms with Crippen molar-refractivity contribution >= 4 is 0 Å². The zero-order valence-corrected chi connectivity index (χ0v) is 7.23. The van der Waals surface area contributed by atoms with E-state index in [4.69, 9.17) is 0 Å². The molecule has 10 heavy (non-hydrogen) atoms. The van der Waals surface area contributed by atoms with Crippen LogP contribution < -0.4 is 0 Å². The van der Waals surface area contributed by atoms with E-state index in [1.54, 1.807) is 0 Å². The Bertz CT molecular complexity index is 57.1. The van der Waals surface area contributed by atoms with Gasteiger partial charge in [0.05, 0.1) is 0 Å². The van der Waals surface area contributed by atoms with Gasteiger partial charge in [-0.15, -0.1) is 0 Å². The van der Waals surface area contributed by atoms with Gasteiger partial charge in [-0.05, 0) is 5.92 Å². The van der Waals surface area contributed by atoms with Crippen molar-refractivity contribution < 1.29 is 0 Å². The molecule has 1 atom stereocenters. The van der Waals surface area contributed by atoms with Gasteiger partial charge >= 0.3 is 0 Å². The van der Waals surface area contributed by atoms with Crippen molar-refractivity contribution in [2.24, 2.45) is 5.92 Å². The van der Waals surface area contributed by atoms with E-state index >= 15 is 0 Å². The summed E-state index contributed by atoms with van der Waals surface area (Å²) < 4.78 is 0. The van der Waals surface area contributed by atoms with Gasteiger partial charge in [-0.25, -0.2) is 0 Å². The van der Waals surface area contributed by atoms with Gasteiger partial charge in [0.15, 0.2) is 0 Å². The van der Waals surface area contributed by atoms with Crippen LogP contribution in [0.5, 0.6) is 0 Å². The Morgan fingerprint density at radius 3 is 2.30 bits per heavy atom. The Balaban J connectivity index is 2.89. The van der Waals surface area contributed by atoms with Crippen LogP contribution in [0.15, 0.2) is 0 Å². The van der Waals surface area contributed by atoms with E-state index in [2.05, 4.69) is 20.8 Å². The van der Waals surface area contributed by atoms with Crippen molar-refractivity contribution in [1.82, 2.24) is 0 Å². The Morgan fingerprint density at radius 2 is 1.80 bits per heavy atom. The first-order valence-electron chi connectivity index (χ1n) is 4.39. The van der Waals surface area contributed by atoms with Crippen LogP contribution in [0, 0.1) is 19.8 Å². The van der Waals surface area contributed by atoms with E-state index < -0.39 is 0 Å². The minimum Gasteiger partial charge on any atom is -0.0625 e. The standard InChI is InChI=1S/C10H20/c1-4-6-7-8-9-10(3)5-2/h10H,1-2,4-9H2,3H3. The van der Waals surface area contributed by atoms with Crippen molar-refractivity contribution in [3.63, 3.8) is 0 Å². The van der Waals surface area contributed by atoms with Crippen molar-refractivity contribution in [2.45, 2.75) is 45.4 Å². The average molecular weight is 140 g/mol. The minimum absolute atomic E-state index is 0.824. The van der Waals surface area contributed by atoms with Crippen LogP contribution in [0.2, 0.25) is 0 Å². The maximum Gasteiger partial charge on any atom is -0.0443 e. The zero-order chi connectivity index (χ0) is 7.82.